The lowest BCUT2D eigenvalue weighted by atomic mass is 10.1. The van der Waals surface area contributed by atoms with Gasteiger partial charge in [-0.3, -0.25) is 9.59 Å². The van der Waals surface area contributed by atoms with Crippen molar-refractivity contribution in [2.75, 3.05) is 26.2 Å². The molecule has 1 aromatic heterocycles. The van der Waals surface area contributed by atoms with Crippen LogP contribution in [-0.2, 0) is 0 Å². The molecule has 1 aromatic carbocycles. The molecule has 0 aliphatic rings. The largest absolute Gasteiger partial charge is 0.491 e. The van der Waals surface area contributed by atoms with Crippen molar-refractivity contribution in [3.05, 3.63) is 29.5 Å². The number of likely N-dealkylation sites (N-methyl/N-ethyl adjacent to an activating group) is 1. The quantitative estimate of drug-likeness (QED) is 0.697. The van der Waals surface area contributed by atoms with Crippen LogP contribution in [0.2, 0.25) is 0 Å². The smallest absolute Gasteiger partial charge is 0.194 e. The number of hydrogen-bond donors (Lipinski definition) is 0. The summed E-state index contributed by atoms with van der Waals surface area (Å²) in [5, 5.41) is 0.628. The molecular weight excluding hydrogens is 294 g/mol. The summed E-state index contributed by atoms with van der Waals surface area (Å²) in [4.78, 5) is 25.8. The van der Waals surface area contributed by atoms with E-state index in [0.717, 1.165) is 19.6 Å². The standard InChI is InChI=1S/C18H23NO4/c1-5-19(6-2)9-10-22-16-8-7-15-14(18(16)13(4)21)11-17(23-15)12(3)20/h7-8,11H,5-6,9-10H2,1-4H3. The monoisotopic (exact) mass is 317 g/mol. The molecule has 0 unspecified atom stereocenters. The summed E-state index contributed by atoms with van der Waals surface area (Å²) < 4.78 is 11.3. The molecule has 0 aliphatic carbocycles. The van der Waals surface area contributed by atoms with Gasteiger partial charge in [-0.05, 0) is 38.2 Å². The third-order valence-corrected chi connectivity index (χ3v) is 3.92. The summed E-state index contributed by atoms with van der Waals surface area (Å²) in [6.45, 7) is 10.4. The molecule has 124 valence electrons. The van der Waals surface area contributed by atoms with Crippen molar-refractivity contribution in [3.63, 3.8) is 0 Å². The highest BCUT2D eigenvalue weighted by Crippen LogP contribution is 2.31. The highest BCUT2D eigenvalue weighted by molar-refractivity contribution is 6.10. The van der Waals surface area contributed by atoms with Crippen LogP contribution in [0, 0.1) is 0 Å². The number of Topliss-reactive ketones (excluding diaryl/α,β-unsaturated/α-hetero) is 2. The molecule has 0 saturated heterocycles. The topological polar surface area (TPSA) is 59.8 Å². The van der Waals surface area contributed by atoms with E-state index in [1.54, 1.807) is 18.2 Å². The molecule has 0 aliphatic heterocycles. The number of carbonyl (C=O) groups is 2. The Hall–Kier alpha value is -2.14. The molecule has 0 radical (unpaired) electrons. The molecule has 5 heteroatoms. The Bertz CT molecular complexity index is 713. The van der Waals surface area contributed by atoms with Gasteiger partial charge in [-0.25, -0.2) is 0 Å². The van der Waals surface area contributed by atoms with E-state index in [0.29, 0.717) is 28.9 Å². The third-order valence-electron chi connectivity index (χ3n) is 3.92. The molecule has 0 atom stereocenters. The molecule has 0 N–H and O–H groups in total. The number of nitrogens with zero attached hydrogens (tertiary/aromatic N) is 1. The molecule has 0 saturated carbocycles. The van der Waals surface area contributed by atoms with Crippen molar-refractivity contribution in [2.24, 2.45) is 0 Å². The summed E-state index contributed by atoms with van der Waals surface area (Å²) in [7, 11) is 0. The zero-order valence-corrected chi connectivity index (χ0v) is 14.1. The van der Waals surface area contributed by atoms with E-state index in [1.165, 1.54) is 13.8 Å². The number of benzene rings is 1. The van der Waals surface area contributed by atoms with E-state index in [9.17, 15) is 9.59 Å². The lowest BCUT2D eigenvalue weighted by Gasteiger charge is -2.18. The van der Waals surface area contributed by atoms with Gasteiger partial charge in [0, 0.05) is 18.9 Å². The van der Waals surface area contributed by atoms with Gasteiger partial charge in [-0.1, -0.05) is 13.8 Å². The lowest BCUT2D eigenvalue weighted by molar-refractivity contribution is 0.0986. The highest BCUT2D eigenvalue weighted by atomic mass is 16.5. The van der Waals surface area contributed by atoms with Crippen molar-refractivity contribution in [1.29, 1.82) is 0 Å². The zero-order chi connectivity index (χ0) is 17.0. The van der Waals surface area contributed by atoms with Crippen LogP contribution in [0.15, 0.2) is 22.6 Å². The van der Waals surface area contributed by atoms with Gasteiger partial charge in [0.25, 0.3) is 0 Å². The zero-order valence-electron chi connectivity index (χ0n) is 14.1. The first-order chi connectivity index (χ1) is 11.0. The molecule has 2 aromatic rings. The second-order valence-corrected chi connectivity index (χ2v) is 5.45. The van der Waals surface area contributed by atoms with Crippen LogP contribution in [0.4, 0.5) is 0 Å². The number of furan rings is 1. The predicted octanol–water partition coefficient (Wildman–Crippen LogP) is 3.56. The fourth-order valence-corrected chi connectivity index (χ4v) is 2.57. The minimum absolute atomic E-state index is 0.107. The van der Waals surface area contributed by atoms with Crippen molar-refractivity contribution < 1.29 is 18.7 Å². The summed E-state index contributed by atoms with van der Waals surface area (Å²) in [5.41, 5.74) is 0.995. The predicted molar refractivity (Wildman–Crippen MR) is 89.5 cm³/mol. The molecule has 1 heterocycles. The minimum atomic E-state index is -0.167. The fraction of sp³-hybridized carbons (Fsp3) is 0.444. The van der Waals surface area contributed by atoms with E-state index in [4.69, 9.17) is 9.15 Å². The second kappa shape index (κ2) is 7.42. The van der Waals surface area contributed by atoms with Gasteiger partial charge in [0.1, 0.15) is 17.9 Å². The molecule has 0 bridgehead atoms. The first kappa shape index (κ1) is 17.2. The maximum absolute atomic E-state index is 12.1. The van der Waals surface area contributed by atoms with Crippen molar-refractivity contribution >= 4 is 22.5 Å². The van der Waals surface area contributed by atoms with Crippen LogP contribution >= 0.6 is 0 Å². The molecule has 0 fully saturated rings. The number of fused-ring (bicyclic) bond motifs is 1. The SMILES string of the molecule is CCN(CC)CCOc1ccc2oc(C(C)=O)cc2c1C(C)=O. The van der Waals surface area contributed by atoms with E-state index in [-0.39, 0.29) is 17.3 Å². The van der Waals surface area contributed by atoms with Crippen molar-refractivity contribution in [2.45, 2.75) is 27.7 Å². The number of ether oxygens (including phenoxy) is 1. The average Bonchev–Trinajstić information content (AvgIpc) is 2.95. The molecule has 2 rings (SSSR count). The van der Waals surface area contributed by atoms with Crippen LogP contribution in [0.25, 0.3) is 11.0 Å². The van der Waals surface area contributed by atoms with Crippen LogP contribution in [-0.4, -0.2) is 42.7 Å². The fourth-order valence-electron chi connectivity index (χ4n) is 2.57. The Morgan fingerprint density at radius 2 is 1.83 bits per heavy atom. The third kappa shape index (κ3) is 3.79. The van der Waals surface area contributed by atoms with Gasteiger partial charge >= 0.3 is 0 Å². The van der Waals surface area contributed by atoms with Crippen molar-refractivity contribution in [1.82, 2.24) is 4.90 Å². The van der Waals surface area contributed by atoms with Gasteiger partial charge in [0.15, 0.2) is 17.3 Å². The highest BCUT2D eigenvalue weighted by Gasteiger charge is 2.18. The van der Waals surface area contributed by atoms with Gasteiger partial charge in [-0.2, -0.15) is 0 Å². The summed E-state index contributed by atoms with van der Waals surface area (Å²) in [6.07, 6.45) is 0. The summed E-state index contributed by atoms with van der Waals surface area (Å²) >= 11 is 0. The van der Waals surface area contributed by atoms with E-state index >= 15 is 0 Å². The van der Waals surface area contributed by atoms with Crippen LogP contribution in [0.5, 0.6) is 5.75 Å². The summed E-state index contributed by atoms with van der Waals surface area (Å²) in [6, 6.07) is 5.08. The van der Waals surface area contributed by atoms with E-state index < -0.39 is 0 Å². The average molecular weight is 317 g/mol. The Morgan fingerprint density at radius 1 is 1.13 bits per heavy atom. The van der Waals surface area contributed by atoms with Crippen LogP contribution in [0.3, 0.4) is 0 Å². The van der Waals surface area contributed by atoms with Gasteiger partial charge < -0.3 is 14.1 Å². The molecule has 0 spiro atoms. The Morgan fingerprint density at radius 3 is 2.39 bits per heavy atom. The van der Waals surface area contributed by atoms with E-state index in [1.807, 2.05) is 0 Å². The first-order valence-corrected chi connectivity index (χ1v) is 7.91. The summed E-state index contributed by atoms with van der Waals surface area (Å²) in [5.74, 6) is 0.514. The number of hydrogen-bond acceptors (Lipinski definition) is 5. The number of ketones is 2. The van der Waals surface area contributed by atoms with Crippen LogP contribution in [0.1, 0.15) is 48.6 Å². The van der Waals surface area contributed by atoms with E-state index in [2.05, 4.69) is 18.7 Å². The van der Waals surface area contributed by atoms with Gasteiger partial charge in [0.05, 0.1) is 5.56 Å². The first-order valence-electron chi connectivity index (χ1n) is 7.91. The maximum atomic E-state index is 12.1. The molecular formula is C18H23NO4. The molecule has 0 amide bonds. The van der Waals surface area contributed by atoms with Gasteiger partial charge in [0.2, 0.25) is 0 Å². The second-order valence-electron chi connectivity index (χ2n) is 5.45. The van der Waals surface area contributed by atoms with Gasteiger partial charge in [-0.15, -0.1) is 0 Å². The molecule has 5 nitrogen and oxygen atoms in total. The maximum Gasteiger partial charge on any atom is 0.194 e. The molecule has 23 heavy (non-hydrogen) atoms. The Labute approximate surface area is 136 Å². The Kier molecular flexibility index (Phi) is 5.55. The Balaban J connectivity index is 2.30. The number of carbonyl (C=O) groups excluding carboxylic acids is 2. The van der Waals surface area contributed by atoms with Crippen LogP contribution < -0.4 is 4.74 Å². The number of rotatable bonds is 8. The van der Waals surface area contributed by atoms with Crippen molar-refractivity contribution in [3.8, 4) is 5.75 Å². The lowest BCUT2D eigenvalue weighted by Crippen LogP contribution is -2.28. The normalized spacial score (nSPS) is 11.2. The minimum Gasteiger partial charge on any atom is -0.491 e.